The van der Waals surface area contributed by atoms with Gasteiger partial charge in [-0.3, -0.25) is 9.69 Å². The topological polar surface area (TPSA) is 290 Å². The van der Waals surface area contributed by atoms with Crippen molar-refractivity contribution >= 4 is 5.91 Å². The van der Waals surface area contributed by atoms with Crippen LogP contribution in [0.2, 0.25) is 0 Å². The summed E-state index contributed by atoms with van der Waals surface area (Å²) >= 11 is 0. The van der Waals surface area contributed by atoms with Crippen LogP contribution in [0.3, 0.4) is 0 Å². The lowest BCUT2D eigenvalue weighted by Gasteiger charge is -2.49. The van der Waals surface area contributed by atoms with Crippen molar-refractivity contribution in [3.63, 3.8) is 0 Å². The van der Waals surface area contributed by atoms with E-state index < -0.39 is 85.4 Å². The molecule has 0 radical (unpaired) electrons. The molecule has 0 bridgehead atoms. The lowest BCUT2D eigenvalue weighted by Crippen LogP contribution is -2.69. The number of ether oxygens (including phenoxy) is 5. The SMILES string of the molecule is NCC[C@H](O)C(=O)N[C@@H]1C[C@H](N)C(O[C@H]2OC(CN)CCC2N)C(O)[C@H]1O[C@H]1OC(CN2CCOCC2)[C@@H](O)[C@H](N)C1O. The fraction of sp³-hybridized carbons (Fsp3) is 0.962. The van der Waals surface area contributed by atoms with Gasteiger partial charge in [0.05, 0.1) is 43.5 Å². The van der Waals surface area contributed by atoms with E-state index in [9.17, 15) is 25.2 Å². The number of nitrogens with zero attached hydrogens (tertiary/aromatic N) is 1. The van der Waals surface area contributed by atoms with Gasteiger partial charge in [0.2, 0.25) is 5.91 Å². The van der Waals surface area contributed by atoms with Gasteiger partial charge in [0.15, 0.2) is 12.6 Å². The number of rotatable bonds is 11. The number of hydrogen-bond donors (Lipinski definition) is 10. The molecule has 1 amide bonds. The Kier molecular flexibility index (Phi) is 12.9. The molecule has 17 heteroatoms. The van der Waals surface area contributed by atoms with E-state index >= 15 is 0 Å². The summed E-state index contributed by atoms with van der Waals surface area (Å²) in [7, 11) is 0. The van der Waals surface area contributed by atoms with Gasteiger partial charge in [-0.15, -0.1) is 0 Å². The Bertz CT molecular complexity index is 876. The number of aliphatic hydroxyl groups excluding tert-OH is 4. The van der Waals surface area contributed by atoms with Crippen LogP contribution in [-0.2, 0) is 28.5 Å². The Morgan fingerprint density at radius 3 is 2.30 bits per heavy atom. The second kappa shape index (κ2) is 15.9. The largest absolute Gasteiger partial charge is 0.389 e. The van der Waals surface area contributed by atoms with E-state index in [4.69, 9.17) is 52.4 Å². The number of amides is 1. The lowest BCUT2D eigenvalue weighted by atomic mass is 9.83. The second-order valence-electron chi connectivity index (χ2n) is 11.9. The standard InChI is InChI=1S/C26H51N7O10/c27-4-3-16(34)24(38)32-15-9-14(30)22(42-25-13(29)2-1-12(10-28)40-25)21(37)23(15)43-26-20(36)18(31)19(35)17(41-26)11-33-5-7-39-8-6-33/h12-23,25-26,34-37H,1-11,27-31H2,(H,32,38)/t12?,13?,14-,15+,16-,17?,18-,19+,20?,21?,22?,23-,25+,26+/m0/s1. The van der Waals surface area contributed by atoms with E-state index in [1.165, 1.54) is 0 Å². The molecule has 3 aliphatic heterocycles. The number of aliphatic hydroxyl groups is 4. The highest BCUT2D eigenvalue weighted by Crippen LogP contribution is 2.32. The molecule has 15 N–H and O–H groups in total. The minimum Gasteiger partial charge on any atom is -0.389 e. The fourth-order valence-electron chi connectivity index (χ4n) is 6.06. The Morgan fingerprint density at radius 1 is 0.930 bits per heavy atom. The Hall–Kier alpha value is -1.13. The second-order valence-corrected chi connectivity index (χ2v) is 11.9. The molecule has 0 aromatic rings. The third kappa shape index (κ3) is 8.57. The molecule has 4 fully saturated rings. The zero-order chi connectivity index (χ0) is 31.3. The molecular weight excluding hydrogens is 570 g/mol. The molecule has 0 aromatic heterocycles. The predicted molar refractivity (Wildman–Crippen MR) is 151 cm³/mol. The van der Waals surface area contributed by atoms with Crippen LogP contribution in [0.15, 0.2) is 0 Å². The van der Waals surface area contributed by atoms with Gasteiger partial charge < -0.3 is 78.1 Å². The highest BCUT2D eigenvalue weighted by molar-refractivity contribution is 5.80. The van der Waals surface area contributed by atoms with Crippen molar-refractivity contribution in [2.24, 2.45) is 28.7 Å². The van der Waals surface area contributed by atoms with E-state index in [-0.39, 0.29) is 32.0 Å². The summed E-state index contributed by atoms with van der Waals surface area (Å²) in [5.74, 6) is -0.728. The maximum absolute atomic E-state index is 12.8. The van der Waals surface area contributed by atoms with Crippen molar-refractivity contribution in [1.29, 1.82) is 0 Å². The molecule has 3 heterocycles. The number of morpholine rings is 1. The van der Waals surface area contributed by atoms with Gasteiger partial charge in [0.25, 0.3) is 0 Å². The lowest BCUT2D eigenvalue weighted by molar-refractivity contribution is -0.312. The minimum atomic E-state index is -1.47. The van der Waals surface area contributed by atoms with Crippen LogP contribution in [0.5, 0.6) is 0 Å². The summed E-state index contributed by atoms with van der Waals surface area (Å²) in [6.07, 6.45) is -9.87. The molecule has 0 aromatic carbocycles. The zero-order valence-corrected chi connectivity index (χ0v) is 24.4. The first-order valence-electron chi connectivity index (χ1n) is 15.2. The highest BCUT2D eigenvalue weighted by Gasteiger charge is 2.51. The molecule has 250 valence electrons. The minimum absolute atomic E-state index is 0.0179. The molecule has 14 atom stereocenters. The van der Waals surface area contributed by atoms with E-state index in [2.05, 4.69) is 5.32 Å². The third-order valence-electron chi connectivity index (χ3n) is 8.73. The molecule has 1 aliphatic carbocycles. The average molecular weight is 622 g/mol. The van der Waals surface area contributed by atoms with E-state index in [0.29, 0.717) is 45.7 Å². The maximum atomic E-state index is 12.8. The van der Waals surface area contributed by atoms with Crippen LogP contribution in [0.4, 0.5) is 0 Å². The van der Waals surface area contributed by atoms with Crippen molar-refractivity contribution in [2.75, 3.05) is 45.9 Å². The van der Waals surface area contributed by atoms with Crippen LogP contribution in [0.25, 0.3) is 0 Å². The quantitative estimate of drug-likeness (QED) is 0.103. The van der Waals surface area contributed by atoms with Gasteiger partial charge in [0.1, 0.15) is 36.6 Å². The first-order chi connectivity index (χ1) is 20.5. The number of hydrogen-bond acceptors (Lipinski definition) is 16. The van der Waals surface area contributed by atoms with E-state index in [1.54, 1.807) is 0 Å². The molecule has 4 rings (SSSR count). The predicted octanol–water partition coefficient (Wildman–Crippen LogP) is -6.06. The van der Waals surface area contributed by atoms with Crippen LogP contribution in [-0.4, -0.2) is 163 Å². The van der Waals surface area contributed by atoms with Gasteiger partial charge in [0, 0.05) is 32.2 Å². The maximum Gasteiger partial charge on any atom is 0.249 e. The monoisotopic (exact) mass is 621 g/mol. The summed E-state index contributed by atoms with van der Waals surface area (Å²) in [6, 6.07) is -3.36. The summed E-state index contributed by atoms with van der Waals surface area (Å²) < 4.78 is 29.6. The molecule has 1 saturated carbocycles. The first-order valence-corrected chi connectivity index (χ1v) is 15.2. The van der Waals surface area contributed by atoms with Crippen molar-refractivity contribution in [3.05, 3.63) is 0 Å². The van der Waals surface area contributed by atoms with Crippen molar-refractivity contribution in [2.45, 2.75) is 111 Å². The van der Waals surface area contributed by atoms with Crippen LogP contribution >= 0.6 is 0 Å². The van der Waals surface area contributed by atoms with Gasteiger partial charge in [-0.05, 0) is 32.2 Å². The number of carbonyl (C=O) groups excluding carboxylic acids is 1. The number of nitrogens with one attached hydrogen (secondary N) is 1. The molecule has 4 aliphatic rings. The van der Waals surface area contributed by atoms with Gasteiger partial charge >= 0.3 is 0 Å². The number of carbonyl (C=O) groups is 1. The zero-order valence-electron chi connectivity index (χ0n) is 24.4. The van der Waals surface area contributed by atoms with E-state index in [0.717, 1.165) is 0 Å². The smallest absolute Gasteiger partial charge is 0.249 e. The molecule has 43 heavy (non-hydrogen) atoms. The molecular formula is C26H51N7O10. The van der Waals surface area contributed by atoms with Crippen LogP contribution in [0, 0.1) is 0 Å². The van der Waals surface area contributed by atoms with E-state index in [1.807, 2.05) is 4.90 Å². The Morgan fingerprint density at radius 2 is 1.63 bits per heavy atom. The van der Waals surface area contributed by atoms with Gasteiger partial charge in [-0.2, -0.15) is 0 Å². The molecule has 6 unspecified atom stereocenters. The van der Waals surface area contributed by atoms with Crippen LogP contribution < -0.4 is 34.0 Å². The van der Waals surface area contributed by atoms with Gasteiger partial charge in [-0.25, -0.2) is 0 Å². The van der Waals surface area contributed by atoms with Gasteiger partial charge in [-0.1, -0.05) is 0 Å². The summed E-state index contributed by atoms with van der Waals surface area (Å²) in [6.45, 7) is 2.98. The summed E-state index contributed by atoms with van der Waals surface area (Å²) in [4.78, 5) is 14.8. The van der Waals surface area contributed by atoms with Crippen molar-refractivity contribution in [1.82, 2.24) is 10.2 Å². The number of nitrogens with two attached hydrogens (primary N) is 5. The Balaban J connectivity index is 1.53. The average Bonchev–Trinajstić information content (AvgIpc) is 2.99. The first kappa shape index (κ1) is 34.7. The molecule has 17 nitrogen and oxygen atoms in total. The Labute approximate surface area is 251 Å². The van der Waals surface area contributed by atoms with Crippen molar-refractivity contribution in [3.8, 4) is 0 Å². The molecule has 3 saturated heterocycles. The fourth-order valence-corrected chi connectivity index (χ4v) is 6.06. The van der Waals surface area contributed by atoms with Crippen molar-refractivity contribution < 1.29 is 48.9 Å². The highest BCUT2D eigenvalue weighted by atomic mass is 16.7. The molecule has 0 spiro atoms. The normalized spacial score (nSPS) is 43.7. The summed E-state index contributed by atoms with van der Waals surface area (Å²) in [5, 5.41) is 46.2. The summed E-state index contributed by atoms with van der Waals surface area (Å²) in [5.41, 5.74) is 30.1. The van der Waals surface area contributed by atoms with Crippen LogP contribution in [0.1, 0.15) is 25.7 Å². The third-order valence-corrected chi connectivity index (χ3v) is 8.73.